The van der Waals surface area contributed by atoms with Gasteiger partial charge in [0.2, 0.25) is 5.91 Å². The van der Waals surface area contributed by atoms with E-state index in [4.69, 9.17) is 0 Å². The van der Waals surface area contributed by atoms with E-state index in [0.29, 0.717) is 17.7 Å². The number of anilines is 1. The van der Waals surface area contributed by atoms with E-state index in [1.165, 1.54) is 12.1 Å². The zero-order chi connectivity index (χ0) is 19.8. The summed E-state index contributed by atoms with van der Waals surface area (Å²) >= 11 is 0. The van der Waals surface area contributed by atoms with Crippen LogP contribution in [0.5, 0.6) is 0 Å². The van der Waals surface area contributed by atoms with Gasteiger partial charge < -0.3 is 20.5 Å². The van der Waals surface area contributed by atoms with Crippen molar-refractivity contribution in [2.75, 3.05) is 18.0 Å². The Labute approximate surface area is 163 Å². The molecule has 1 saturated heterocycles. The molecule has 3 N–H and O–H groups in total. The molecule has 2 aliphatic rings. The second-order valence-corrected chi connectivity index (χ2v) is 7.66. The number of halogens is 1. The van der Waals surface area contributed by atoms with Crippen LogP contribution in [0, 0.1) is 19.7 Å². The lowest BCUT2D eigenvalue weighted by molar-refractivity contribution is -0.117. The number of aromatic nitrogens is 1. The molecule has 1 aromatic carbocycles. The second kappa shape index (κ2) is 7.39. The lowest BCUT2D eigenvalue weighted by Crippen LogP contribution is -2.42. The molecule has 7 heteroatoms. The van der Waals surface area contributed by atoms with Gasteiger partial charge in [0.05, 0.1) is 18.5 Å². The molecule has 2 aromatic rings. The number of aryl methyl sites for hydroxylation is 1. The fourth-order valence-electron chi connectivity index (χ4n) is 4.22. The highest BCUT2D eigenvalue weighted by atomic mass is 19.1. The van der Waals surface area contributed by atoms with Crippen molar-refractivity contribution in [2.45, 2.75) is 45.7 Å². The molecule has 1 fully saturated rings. The molecular formula is C21H25FN4O2. The summed E-state index contributed by atoms with van der Waals surface area (Å²) < 4.78 is 13.5. The van der Waals surface area contributed by atoms with Crippen LogP contribution in [0.3, 0.4) is 0 Å². The van der Waals surface area contributed by atoms with Gasteiger partial charge in [-0.15, -0.1) is 0 Å². The second-order valence-electron chi connectivity index (χ2n) is 7.66. The Morgan fingerprint density at radius 1 is 1.29 bits per heavy atom. The van der Waals surface area contributed by atoms with Crippen molar-refractivity contribution in [1.82, 2.24) is 15.6 Å². The summed E-state index contributed by atoms with van der Waals surface area (Å²) in [6, 6.07) is 4.62. The number of hydrogen-bond donors (Lipinski definition) is 3. The summed E-state index contributed by atoms with van der Waals surface area (Å²) in [6.07, 6.45) is 2.06. The van der Waals surface area contributed by atoms with E-state index in [-0.39, 0.29) is 30.1 Å². The van der Waals surface area contributed by atoms with Crippen molar-refractivity contribution < 1.29 is 14.0 Å². The highest BCUT2D eigenvalue weighted by molar-refractivity contribution is 6.01. The number of H-pyrrole nitrogens is 1. The molecule has 0 unspecified atom stereocenters. The Balaban J connectivity index is 1.55. The van der Waals surface area contributed by atoms with E-state index in [1.807, 2.05) is 13.8 Å². The summed E-state index contributed by atoms with van der Waals surface area (Å²) in [5.41, 5.74) is 4.57. The van der Waals surface area contributed by atoms with Gasteiger partial charge in [0.25, 0.3) is 5.91 Å². The van der Waals surface area contributed by atoms with Crippen LogP contribution in [-0.2, 0) is 17.8 Å². The van der Waals surface area contributed by atoms with Crippen LogP contribution >= 0.6 is 0 Å². The minimum atomic E-state index is -0.336. The van der Waals surface area contributed by atoms with E-state index >= 15 is 0 Å². The lowest BCUT2D eigenvalue weighted by Gasteiger charge is -2.23. The molecule has 0 spiro atoms. The van der Waals surface area contributed by atoms with Gasteiger partial charge in [-0.3, -0.25) is 9.59 Å². The first kappa shape index (κ1) is 18.7. The van der Waals surface area contributed by atoms with Crippen LogP contribution < -0.4 is 15.5 Å². The SMILES string of the molecule is Cc1[nH]c(CN2C(=O)Cc3cc(F)ccc32)c(C)c1C(=O)NC1CCNCC1. The normalized spacial score (nSPS) is 17.1. The van der Waals surface area contributed by atoms with Gasteiger partial charge >= 0.3 is 0 Å². The van der Waals surface area contributed by atoms with E-state index in [1.54, 1.807) is 11.0 Å². The molecule has 28 heavy (non-hydrogen) atoms. The number of fused-ring (bicyclic) bond motifs is 1. The van der Waals surface area contributed by atoms with Gasteiger partial charge in [0.1, 0.15) is 5.82 Å². The van der Waals surface area contributed by atoms with Crippen molar-refractivity contribution in [1.29, 1.82) is 0 Å². The number of amides is 2. The molecule has 3 heterocycles. The first-order valence-electron chi connectivity index (χ1n) is 9.72. The molecule has 0 aliphatic carbocycles. The molecule has 148 valence electrons. The molecule has 0 radical (unpaired) electrons. The number of nitrogens with zero attached hydrogens (tertiary/aromatic N) is 1. The fraction of sp³-hybridized carbons (Fsp3) is 0.429. The number of aromatic amines is 1. The zero-order valence-electron chi connectivity index (χ0n) is 16.2. The predicted molar refractivity (Wildman–Crippen MR) is 105 cm³/mol. The minimum absolute atomic E-state index is 0.0621. The Bertz CT molecular complexity index is 931. The zero-order valence-corrected chi connectivity index (χ0v) is 16.2. The minimum Gasteiger partial charge on any atom is -0.360 e. The quantitative estimate of drug-likeness (QED) is 0.757. The average molecular weight is 384 g/mol. The van der Waals surface area contributed by atoms with Crippen molar-refractivity contribution in [3.8, 4) is 0 Å². The summed E-state index contributed by atoms with van der Waals surface area (Å²) in [5, 5.41) is 6.43. The molecular weight excluding hydrogens is 359 g/mol. The maximum Gasteiger partial charge on any atom is 0.253 e. The monoisotopic (exact) mass is 384 g/mol. The first-order valence-corrected chi connectivity index (χ1v) is 9.72. The Hall–Kier alpha value is -2.67. The lowest BCUT2D eigenvalue weighted by atomic mass is 10.0. The van der Waals surface area contributed by atoms with Crippen molar-refractivity contribution in [3.63, 3.8) is 0 Å². The smallest absolute Gasteiger partial charge is 0.253 e. The number of benzene rings is 1. The third-order valence-electron chi connectivity index (χ3n) is 5.73. The van der Waals surface area contributed by atoms with Gasteiger partial charge in [-0.25, -0.2) is 4.39 Å². The number of hydrogen-bond acceptors (Lipinski definition) is 3. The number of rotatable bonds is 4. The molecule has 4 rings (SSSR count). The first-order chi connectivity index (χ1) is 13.4. The van der Waals surface area contributed by atoms with Gasteiger partial charge in [-0.05, 0) is 69.1 Å². The van der Waals surface area contributed by atoms with Crippen LogP contribution in [0.15, 0.2) is 18.2 Å². The van der Waals surface area contributed by atoms with Crippen molar-refractivity contribution >= 4 is 17.5 Å². The number of carbonyl (C=O) groups is 2. The number of piperidine rings is 1. The van der Waals surface area contributed by atoms with Crippen LogP contribution in [0.25, 0.3) is 0 Å². The summed E-state index contributed by atoms with van der Waals surface area (Å²) in [6.45, 7) is 5.95. The molecule has 0 atom stereocenters. The summed E-state index contributed by atoms with van der Waals surface area (Å²) in [4.78, 5) is 30.2. The van der Waals surface area contributed by atoms with Crippen LogP contribution in [-0.4, -0.2) is 35.9 Å². The molecule has 2 aliphatic heterocycles. The van der Waals surface area contributed by atoms with E-state index in [0.717, 1.165) is 48.6 Å². The van der Waals surface area contributed by atoms with Crippen molar-refractivity contribution in [2.24, 2.45) is 0 Å². The number of nitrogens with one attached hydrogen (secondary N) is 3. The highest BCUT2D eigenvalue weighted by Crippen LogP contribution is 2.32. The molecule has 0 saturated carbocycles. The van der Waals surface area contributed by atoms with Gasteiger partial charge in [-0.2, -0.15) is 0 Å². The Morgan fingerprint density at radius 3 is 2.79 bits per heavy atom. The molecule has 2 amide bonds. The van der Waals surface area contributed by atoms with E-state index < -0.39 is 0 Å². The number of carbonyl (C=O) groups excluding carboxylic acids is 2. The van der Waals surface area contributed by atoms with Gasteiger partial charge in [0, 0.05) is 23.1 Å². The summed E-state index contributed by atoms with van der Waals surface area (Å²) in [7, 11) is 0. The molecule has 0 bridgehead atoms. The maximum absolute atomic E-state index is 13.5. The molecule has 1 aromatic heterocycles. The largest absolute Gasteiger partial charge is 0.360 e. The van der Waals surface area contributed by atoms with Crippen LogP contribution in [0.2, 0.25) is 0 Å². The molecule has 6 nitrogen and oxygen atoms in total. The topological polar surface area (TPSA) is 77.2 Å². The Kier molecular flexibility index (Phi) is 4.93. The highest BCUT2D eigenvalue weighted by Gasteiger charge is 2.29. The Morgan fingerprint density at radius 2 is 2.04 bits per heavy atom. The standard InChI is InChI=1S/C21H25FN4O2/c1-12-17(11-26-18-4-3-15(22)9-14(18)10-19(26)27)24-13(2)20(12)21(28)25-16-5-7-23-8-6-16/h3-4,9,16,23-24H,5-8,10-11H2,1-2H3,(H,25,28). The third kappa shape index (κ3) is 3.42. The summed E-state index contributed by atoms with van der Waals surface area (Å²) in [5.74, 6) is -0.468. The van der Waals surface area contributed by atoms with Gasteiger partial charge in [0.15, 0.2) is 0 Å². The predicted octanol–water partition coefficient (Wildman–Crippen LogP) is 2.34. The average Bonchev–Trinajstić information content (AvgIpc) is 3.11. The van der Waals surface area contributed by atoms with E-state index in [9.17, 15) is 14.0 Å². The maximum atomic E-state index is 13.5. The fourth-order valence-corrected chi connectivity index (χ4v) is 4.22. The van der Waals surface area contributed by atoms with E-state index in [2.05, 4.69) is 15.6 Å². The van der Waals surface area contributed by atoms with Gasteiger partial charge in [-0.1, -0.05) is 0 Å². The van der Waals surface area contributed by atoms with Crippen molar-refractivity contribution in [3.05, 3.63) is 52.1 Å². The van der Waals surface area contributed by atoms with Crippen LogP contribution in [0.4, 0.5) is 10.1 Å². The van der Waals surface area contributed by atoms with Crippen LogP contribution in [0.1, 0.15) is 45.7 Å². The third-order valence-corrected chi connectivity index (χ3v) is 5.73.